The quantitative estimate of drug-likeness (QED) is 0.889. The van der Waals surface area contributed by atoms with Crippen molar-refractivity contribution in [2.45, 2.75) is 20.0 Å². The second-order valence-corrected chi connectivity index (χ2v) is 5.26. The molecule has 0 amide bonds. The van der Waals surface area contributed by atoms with Crippen LogP contribution < -0.4 is 5.32 Å². The molecule has 0 atom stereocenters. The van der Waals surface area contributed by atoms with E-state index in [1.165, 1.54) is 5.56 Å². The molecule has 20 heavy (non-hydrogen) atoms. The third-order valence-corrected chi connectivity index (χ3v) is 3.25. The van der Waals surface area contributed by atoms with Crippen LogP contribution in [0.2, 0.25) is 5.02 Å². The summed E-state index contributed by atoms with van der Waals surface area (Å²) in [6.07, 6.45) is 3.89. The van der Waals surface area contributed by atoms with E-state index in [2.05, 4.69) is 20.3 Å². The van der Waals surface area contributed by atoms with E-state index in [0.717, 1.165) is 24.6 Å². The fourth-order valence-electron chi connectivity index (χ4n) is 2.05. The number of anilines is 1. The standard InChI is InChI=1S/C14H20ClN5/c1-4-16-14-6-5-12(15)13(18-14)10-19(2)8-11-7-17-20(3)9-11/h5-7,9H,4,8,10H2,1-3H3,(H,16,18). The third-order valence-electron chi connectivity index (χ3n) is 2.91. The molecule has 1 N–H and O–H groups in total. The fourth-order valence-corrected chi connectivity index (χ4v) is 2.22. The van der Waals surface area contributed by atoms with Crippen molar-refractivity contribution in [1.29, 1.82) is 0 Å². The Morgan fingerprint density at radius 2 is 2.15 bits per heavy atom. The van der Waals surface area contributed by atoms with Crippen LogP contribution >= 0.6 is 11.6 Å². The summed E-state index contributed by atoms with van der Waals surface area (Å²) in [5.41, 5.74) is 2.06. The first-order valence-corrected chi connectivity index (χ1v) is 7.01. The van der Waals surface area contributed by atoms with E-state index >= 15 is 0 Å². The van der Waals surface area contributed by atoms with Gasteiger partial charge in [-0.15, -0.1) is 0 Å². The van der Waals surface area contributed by atoms with Gasteiger partial charge in [-0.05, 0) is 26.1 Å². The molecular formula is C14H20ClN5. The monoisotopic (exact) mass is 293 g/mol. The Labute approximate surface area is 124 Å². The van der Waals surface area contributed by atoms with Gasteiger partial charge in [0.25, 0.3) is 0 Å². The van der Waals surface area contributed by atoms with Crippen molar-refractivity contribution in [3.63, 3.8) is 0 Å². The maximum atomic E-state index is 6.21. The molecule has 2 aromatic rings. The van der Waals surface area contributed by atoms with Crippen LogP contribution in [0.5, 0.6) is 0 Å². The average Bonchev–Trinajstić information content (AvgIpc) is 2.79. The number of hydrogen-bond acceptors (Lipinski definition) is 4. The van der Waals surface area contributed by atoms with Gasteiger partial charge >= 0.3 is 0 Å². The highest BCUT2D eigenvalue weighted by atomic mass is 35.5. The number of nitrogens with one attached hydrogen (secondary N) is 1. The summed E-state index contributed by atoms with van der Waals surface area (Å²) in [7, 11) is 3.97. The van der Waals surface area contributed by atoms with E-state index in [1.54, 1.807) is 4.68 Å². The van der Waals surface area contributed by atoms with Gasteiger partial charge in [0.2, 0.25) is 0 Å². The van der Waals surface area contributed by atoms with Crippen LogP contribution in [0.1, 0.15) is 18.2 Å². The van der Waals surface area contributed by atoms with Crippen molar-refractivity contribution in [2.75, 3.05) is 18.9 Å². The van der Waals surface area contributed by atoms with E-state index in [-0.39, 0.29) is 0 Å². The van der Waals surface area contributed by atoms with Gasteiger partial charge in [0.1, 0.15) is 5.82 Å². The van der Waals surface area contributed by atoms with E-state index in [1.807, 2.05) is 45.5 Å². The van der Waals surface area contributed by atoms with E-state index in [4.69, 9.17) is 11.6 Å². The molecule has 5 nitrogen and oxygen atoms in total. The second kappa shape index (κ2) is 6.72. The SMILES string of the molecule is CCNc1ccc(Cl)c(CN(C)Cc2cnn(C)c2)n1. The fraction of sp³-hybridized carbons (Fsp3) is 0.429. The Bertz CT molecular complexity index is 566. The van der Waals surface area contributed by atoms with Gasteiger partial charge < -0.3 is 5.32 Å². The maximum Gasteiger partial charge on any atom is 0.126 e. The smallest absolute Gasteiger partial charge is 0.126 e. The molecule has 0 bridgehead atoms. The zero-order valence-electron chi connectivity index (χ0n) is 12.1. The van der Waals surface area contributed by atoms with Crippen molar-refractivity contribution >= 4 is 17.4 Å². The first kappa shape index (κ1) is 14.8. The van der Waals surface area contributed by atoms with Crippen LogP contribution in [0.3, 0.4) is 0 Å². The summed E-state index contributed by atoms with van der Waals surface area (Å²) >= 11 is 6.21. The molecule has 0 saturated heterocycles. The number of rotatable bonds is 6. The lowest BCUT2D eigenvalue weighted by Crippen LogP contribution is -2.18. The topological polar surface area (TPSA) is 46.0 Å². The molecule has 0 saturated carbocycles. The molecule has 0 spiro atoms. The molecule has 0 aliphatic rings. The summed E-state index contributed by atoms with van der Waals surface area (Å²) in [6, 6.07) is 3.79. The molecule has 0 aliphatic carbocycles. The van der Waals surface area contributed by atoms with Crippen LogP contribution in [0, 0.1) is 0 Å². The molecule has 2 rings (SSSR count). The lowest BCUT2D eigenvalue weighted by Gasteiger charge is -2.16. The predicted molar refractivity (Wildman–Crippen MR) is 81.8 cm³/mol. The minimum absolute atomic E-state index is 0.699. The number of nitrogens with zero attached hydrogens (tertiary/aromatic N) is 4. The normalized spacial score (nSPS) is 11.1. The molecule has 0 radical (unpaired) electrons. The molecule has 0 aromatic carbocycles. The average molecular weight is 294 g/mol. The highest BCUT2D eigenvalue weighted by molar-refractivity contribution is 6.31. The lowest BCUT2D eigenvalue weighted by atomic mass is 10.3. The summed E-state index contributed by atoms with van der Waals surface area (Å²) < 4.78 is 1.81. The van der Waals surface area contributed by atoms with Gasteiger partial charge in [0.05, 0.1) is 16.9 Å². The van der Waals surface area contributed by atoms with Crippen LogP contribution in [-0.2, 0) is 20.1 Å². The Morgan fingerprint density at radius 3 is 2.80 bits per heavy atom. The lowest BCUT2D eigenvalue weighted by molar-refractivity contribution is 0.315. The molecule has 2 aromatic heterocycles. The first-order valence-electron chi connectivity index (χ1n) is 6.64. The number of pyridine rings is 1. The summed E-state index contributed by atoms with van der Waals surface area (Å²) in [5, 5.41) is 8.07. The van der Waals surface area contributed by atoms with Crippen LogP contribution in [0.4, 0.5) is 5.82 Å². The summed E-state index contributed by atoms with van der Waals surface area (Å²) in [4.78, 5) is 6.71. The highest BCUT2D eigenvalue weighted by Gasteiger charge is 2.08. The van der Waals surface area contributed by atoms with Gasteiger partial charge in [0.15, 0.2) is 0 Å². The van der Waals surface area contributed by atoms with Crippen molar-refractivity contribution in [1.82, 2.24) is 19.7 Å². The van der Waals surface area contributed by atoms with Gasteiger partial charge in [0, 0.05) is 38.4 Å². The molecule has 6 heteroatoms. The van der Waals surface area contributed by atoms with E-state index < -0.39 is 0 Å². The molecule has 2 heterocycles. The Morgan fingerprint density at radius 1 is 1.35 bits per heavy atom. The Hall–Kier alpha value is -1.59. The Balaban J connectivity index is 2.02. The Kier molecular flexibility index (Phi) is 4.98. The number of aryl methyl sites for hydroxylation is 1. The van der Waals surface area contributed by atoms with Gasteiger partial charge in [-0.25, -0.2) is 4.98 Å². The van der Waals surface area contributed by atoms with Gasteiger partial charge in [-0.3, -0.25) is 9.58 Å². The zero-order valence-corrected chi connectivity index (χ0v) is 12.9. The molecule has 0 fully saturated rings. The molecule has 0 aliphatic heterocycles. The summed E-state index contributed by atoms with van der Waals surface area (Å²) in [5.74, 6) is 0.863. The summed E-state index contributed by atoms with van der Waals surface area (Å²) in [6.45, 7) is 4.41. The molecule has 0 unspecified atom stereocenters. The minimum atomic E-state index is 0.699. The number of halogens is 1. The highest BCUT2D eigenvalue weighted by Crippen LogP contribution is 2.18. The van der Waals surface area contributed by atoms with Gasteiger partial charge in [-0.1, -0.05) is 11.6 Å². The predicted octanol–water partition coefficient (Wildman–Crippen LogP) is 2.53. The van der Waals surface area contributed by atoms with Gasteiger partial charge in [-0.2, -0.15) is 5.10 Å². The van der Waals surface area contributed by atoms with E-state index in [9.17, 15) is 0 Å². The third kappa shape index (κ3) is 3.95. The van der Waals surface area contributed by atoms with Crippen molar-refractivity contribution < 1.29 is 0 Å². The van der Waals surface area contributed by atoms with E-state index in [0.29, 0.717) is 11.6 Å². The molecule has 108 valence electrons. The largest absolute Gasteiger partial charge is 0.370 e. The maximum absolute atomic E-state index is 6.21. The van der Waals surface area contributed by atoms with Crippen LogP contribution in [0.25, 0.3) is 0 Å². The first-order chi connectivity index (χ1) is 9.58. The van der Waals surface area contributed by atoms with Crippen molar-refractivity contribution in [2.24, 2.45) is 7.05 Å². The van der Waals surface area contributed by atoms with Crippen molar-refractivity contribution in [3.8, 4) is 0 Å². The number of hydrogen-bond donors (Lipinski definition) is 1. The minimum Gasteiger partial charge on any atom is -0.370 e. The zero-order chi connectivity index (χ0) is 14.5. The van der Waals surface area contributed by atoms with Crippen molar-refractivity contribution in [3.05, 3.63) is 40.8 Å². The van der Waals surface area contributed by atoms with Crippen LogP contribution in [-0.4, -0.2) is 33.3 Å². The number of aromatic nitrogens is 3. The van der Waals surface area contributed by atoms with Crippen LogP contribution in [0.15, 0.2) is 24.5 Å². The molecular weight excluding hydrogens is 274 g/mol. The second-order valence-electron chi connectivity index (χ2n) is 4.85.